The number of H-pyrrole nitrogens is 1. The van der Waals surface area contributed by atoms with E-state index in [1.807, 2.05) is 37.4 Å². The van der Waals surface area contributed by atoms with Gasteiger partial charge in [-0.15, -0.1) is 0 Å². The number of allylic oxidation sites excluding steroid dienone is 6. The molecular weight excluding hydrogens is 386 g/mol. The van der Waals surface area contributed by atoms with Crippen molar-refractivity contribution in [2.75, 3.05) is 0 Å². The number of aromatic amines is 1. The summed E-state index contributed by atoms with van der Waals surface area (Å²) in [5, 5.41) is 27.6. The third kappa shape index (κ3) is 3.45. The van der Waals surface area contributed by atoms with E-state index in [-0.39, 0.29) is 21.9 Å². The van der Waals surface area contributed by atoms with Gasteiger partial charge in [-0.25, -0.2) is 0 Å². The lowest BCUT2D eigenvalue weighted by molar-refractivity contribution is 0.452. The second-order valence-corrected chi connectivity index (χ2v) is 7.64. The van der Waals surface area contributed by atoms with Crippen LogP contribution in [0.4, 0.5) is 0 Å². The molecule has 0 bridgehead atoms. The number of pyridine rings is 1. The zero-order chi connectivity index (χ0) is 20.6. The summed E-state index contributed by atoms with van der Waals surface area (Å²) in [6.45, 7) is 4.05. The Morgan fingerprint density at radius 2 is 1.97 bits per heavy atom. The Bertz CT molecular complexity index is 1160. The smallest absolute Gasteiger partial charge is 0.137 e. The molecule has 0 saturated carbocycles. The van der Waals surface area contributed by atoms with E-state index in [0.717, 1.165) is 22.4 Å². The minimum Gasteiger partial charge on any atom is -0.507 e. The van der Waals surface area contributed by atoms with Crippen LogP contribution in [0.25, 0.3) is 16.8 Å². The number of nitrogens with zero attached hydrogens (tertiary/aromatic N) is 2. The van der Waals surface area contributed by atoms with Crippen LogP contribution in [0.15, 0.2) is 67.0 Å². The van der Waals surface area contributed by atoms with Crippen LogP contribution in [0.3, 0.4) is 0 Å². The van der Waals surface area contributed by atoms with Crippen molar-refractivity contribution in [2.45, 2.75) is 19.3 Å². The molecule has 0 amide bonds. The Kier molecular flexibility index (Phi) is 4.76. The zero-order valence-corrected chi connectivity index (χ0v) is 16.8. The van der Waals surface area contributed by atoms with Gasteiger partial charge in [0.25, 0.3) is 0 Å². The van der Waals surface area contributed by atoms with E-state index in [1.165, 1.54) is 12.1 Å². The lowest BCUT2D eigenvalue weighted by Gasteiger charge is -2.21. The van der Waals surface area contributed by atoms with E-state index >= 15 is 0 Å². The summed E-state index contributed by atoms with van der Waals surface area (Å²) >= 11 is 6.07. The summed E-state index contributed by atoms with van der Waals surface area (Å²) < 4.78 is 0. The van der Waals surface area contributed by atoms with E-state index < -0.39 is 0 Å². The molecule has 1 atom stereocenters. The van der Waals surface area contributed by atoms with E-state index in [2.05, 4.69) is 40.3 Å². The Morgan fingerprint density at radius 3 is 2.72 bits per heavy atom. The maximum atomic E-state index is 10.4. The number of hydrogen-bond donors (Lipinski definition) is 3. The van der Waals surface area contributed by atoms with Crippen molar-refractivity contribution in [3.63, 3.8) is 0 Å². The standard InChI is InChI=1S/C23H20ClN3O2/c1-14-21(22(27-26-14)17-11-18(24)20(29)12-19(17)28)15-5-3-8-23(2,9-7-15)16-6-4-10-25-13-16/h3-13,28-29H,1-2H3,(H,26,27). The fraction of sp³-hybridized carbons (Fsp3) is 0.130. The summed E-state index contributed by atoms with van der Waals surface area (Å²) in [4.78, 5) is 4.24. The highest BCUT2D eigenvalue weighted by molar-refractivity contribution is 6.32. The highest BCUT2D eigenvalue weighted by Crippen LogP contribution is 2.41. The summed E-state index contributed by atoms with van der Waals surface area (Å²) in [5.74, 6) is -0.265. The van der Waals surface area contributed by atoms with E-state index in [1.54, 1.807) is 6.20 Å². The highest BCUT2D eigenvalue weighted by atomic mass is 35.5. The molecule has 0 spiro atoms. The summed E-state index contributed by atoms with van der Waals surface area (Å²) in [7, 11) is 0. The molecular formula is C23H20ClN3O2. The number of phenols is 2. The molecule has 3 aromatic rings. The molecule has 1 aliphatic carbocycles. The van der Waals surface area contributed by atoms with Crippen molar-refractivity contribution >= 4 is 17.2 Å². The lowest BCUT2D eigenvalue weighted by Crippen LogP contribution is -2.15. The fourth-order valence-electron chi connectivity index (χ4n) is 3.48. The van der Waals surface area contributed by atoms with Crippen molar-refractivity contribution in [1.29, 1.82) is 0 Å². The molecule has 146 valence electrons. The van der Waals surface area contributed by atoms with Crippen molar-refractivity contribution in [3.8, 4) is 22.8 Å². The number of phenolic OH excluding ortho intramolecular Hbond substituents is 2. The molecule has 29 heavy (non-hydrogen) atoms. The van der Waals surface area contributed by atoms with Gasteiger partial charge in [-0.3, -0.25) is 10.1 Å². The SMILES string of the molecule is Cc1[nH]nc(-c2cc(Cl)c(O)cc2O)c1C1=CC=CC(C)(c2cccnc2)C=C1. The maximum Gasteiger partial charge on any atom is 0.137 e. The molecule has 2 heterocycles. The quantitative estimate of drug-likeness (QED) is 0.551. The normalized spacial score (nSPS) is 18.5. The molecule has 1 aromatic carbocycles. The second-order valence-electron chi connectivity index (χ2n) is 7.23. The second kappa shape index (κ2) is 7.26. The van der Waals surface area contributed by atoms with Gasteiger partial charge >= 0.3 is 0 Å². The van der Waals surface area contributed by atoms with Crippen LogP contribution in [0.1, 0.15) is 23.7 Å². The summed E-state index contributed by atoms with van der Waals surface area (Å²) in [6.07, 6.45) is 14.0. The van der Waals surface area contributed by atoms with Crippen molar-refractivity contribution in [1.82, 2.24) is 15.2 Å². The number of halogens is 1. The third-order valence-electron chi connectivity index (χ3n) is 5.17. The van der Waals surface area contributed by atoms with Crippen LogP contribution in [0.2, 0.25) is 5.02 Å². The molecule has 0 radical (unpaired) electrons. The molecule has 2 aromatic heterocycles. The molecule has 0 fully saturated rings. The molecule has 3 N–H and O–H groups in total. The Hall–Kier alpha value is -3.31. The third-order valence-corrected chi connectivity index (χ3v) is 5.47. The van der Waals surface area contributed by atoms with Crippen LogP contribution < -0.4 is 0 Å². The summed E-state index contributed by atoms with van der Waals surface area (Å²) in [5.41, 5.74) is 4.47. The Balaban J connectivity index is 1.79. The Morgan fingerprint density at radius 1 is 1.14 bits per heavy atom. The molecule has 6 heteroatoms. The van der Waals surface area contributed by atoms with Gasteiger partial charge in [-0.1, -0.05) is 48.0 Å². The maximum absolute atomic E-state index is 10.4. The van der Waals surface area contributed by atoms with E-state index in [0.29, 0.717) is 11.3 Å². The molecule has 0 aliphatic heterocycles. The topological polar surface area (TPSA) is 82.0 Å². The van der Waals surface area contributed by atoms with Gasteiger partial charge in [0, 0.05) is 40.7 Å². The first-order valence-electron chi connectivity index (χ1n) is 9.15. The van der Waals surface area contributed by atoms with E-state index in [9.17, 15) is 10.2 Å². The van der Waals surface area contributed by atoms with Gasteiger partial charge in [0.2, 0.25) is 0 Å². The first-order valence-corrected chi connectivity index (χ1v) is 9.53. The van der Waals surface area contributed by atoms with Crippen LogP contribution in [-0.4, -0.2) is 25.4 Å². The highest BCUT2D eigenvalue weighted by Gasteiger charge is 2.24. The summed E-state index contributed by atoms with van der Waals surface area (Å²) in [6, 6.07) is 6.72. The van der Waals surface area contributed by atoms with Gasteiger partial charge in [-0.2, -0.15) is 5.10 Å². The van der Waals surface area contributed by atoms with Crippen molar-refractivity contribution < 1.29 is 10.2 Å². The Labute approximate surface area is 173 Å². The molecule has 1 aliphatic rings. The largest absolute Gasteiger partial charge is 0.507 e. The van der Waals surface area contributed by atoms with Gasteiger partial charge in [0.05, 0.1) is 5.02 Å². The number of aryl methyl sites for hydroxylation is 1. The number of aromatic nitrogens is 3. The first kappa shape index (κ1) is 19.0. The predicted octanol–water partition coefficient (Wildman–Crippen LogP) is 5.31. The zero-order valence-electron chi connectivity index (χ0n) is 16.0. The van der Waals surface area contributed by atoms with E-state index in [4.69, 9.17) is 11.6 Å². The van der Waals surface area contributed by atoms with Crippen LogP contribution >= 0.6 is 11.6 Å². The van der Waals surface area contributed by atoms with Crippen LogP contribution in [-0.2, 0) is 5.41 Å². The number of aromatic hydroxyl groups is 2. The average molecular weight is 406 g/mol. The van der Waals surface area contributed by atoms with Gasteiger partial charge in [0.1, 0.15) is 17.2 Å². The van der Waals surface area contributed by atoms with Crippen LogP contribution in [0.5, 0.6) is 11.5 Å². The van der Waals surface area contributed by atoms with Gasteiger partial charge in [-0.05, 0) is 37.1 Å². The molecule has 1 unspecified atom stereocenters. The minimum absolute atomic E-state index is 0.0893. The number of hydrogen-bond acceptors (Lipinski definition) is 4. The first-order chi connectivity index (χ1) is 13.9. The monoisotopic (exact) mass is 405 g/mol. The molecule has 0 saturated heterocycles. The fourth-order valence-corrected chi connectivity index (χ4v) is 3.65. The van der Waals surface area contributed by atoms with Crippen molar-refractivity contribution in [3.05, 3.63) is 88.9 Å². The van der Waals surface area contributed by atoms with Crippen LogP contribution in [0, 0.1) is 6.92 Å². The number of benzene rings is 1. The van der Waals surface area contributed by atoms with Gasteiger partial charge < -0.3 is 10.2 Å². The number of nitrogens with one attached hydrogen (secondary N) is 1. The molecule has 4 rings (SSSR count). The lowest BCUT2D eigenvalue weighted by atomic mass is 9.83. The predicted molar refractivity (Wildman–Crippen MR) is 115 cm³/mol. The minimum atomic E-state index is -0.297. The number of rotatable bonds is 3. The average Bonchev–Trinajstić information content (AvgIpc) is 2.97. The van der Waals surface area contributed by atoms with Gasteiger partial charge in [0.15, 0.2) is 0 Å². The molecule has 5 nitrogen and oxygen atoms in total. The van der Waals surface area contributed by atoms with Crippen molar-refractivity contribution in [2.24, 2.45) is 0 Å².